The Bertz CT molecular complexity index is 528. The number of nitrogens with one attached hydrogen (secondary N) is 1. The molecule has 6 nitrogen and oxygen atoms in total. The Morgan fingerprint density at radius 2 is 2.47 bits per heavy atom. The molecule has 1 atom stereocenters. The number of carbonyl (C=O) groups is 1. The highest BCUT2D eigenvalue weighted by Crippen LogP contribution is 2.25. The first kappa shape index (κ1) is 11.7. The Morgan fingerprint density at radius 1 is 1.65 bits per heavy atom. The maximum absolute atomic E-state index is 11.3. The Morgan fingerprint density at radius 3 is 3.18 bits per heavy atom. The van der Waals surface area contributed by atoms with Crippen LogP contribution in [-0.4, -0.2) is 40.8 Å². The Balaban J connectivity index is 2.28. The average Bonchev–Trinajstić information content (AvgIpc) is 2.83. The van der Waals surface area contributed by atoms with E-state index in [1.165, 1.54) is 24.8 Å². The molecule has 2 rings (SSSR count). The van der Waals surface area contributed by atoms with Gasteiger partial charge in [-0.3, -0.25) is 0 Å². The van der Waals surface area contributed by atoms with Crippen molar-refractivity contribution in [1.82, 2.24) is 9.97 Å². The van der Waals surface area contributed by atoms with E-state index in [1.54, 1.807) is 0 Å². The van der Waals surface area contributed by atoms with Crippen molar-refractivity contribution in [2.75, 3.05) is 19.0 Å². The Kier molecular flexibility index (Phi) is 3.50. The molecule has 0 amide bonds. The Hall–Kier alpha value is -1.73. The quantitative estimate of drug-likeness (QED) is 0.778. The summed E-state index contributed by atoms with van der Waals surface area (Å²) in [6.07, 6.45) is 1.41. The highest BCUT2D eigenvalue weighted by molar-refractivity contribution is 7.17. The first-order valence-electron chi connectivity index (χ1n) is 4.89. The SMILES string of the molecule is COC(=O)C(CO)Nc1ncnc2ccsc12. The van der Waals surface area contributed by atoms with Gasteiger partial charge in [-0.2, -0.15) is 0 Å². The van der Waals surface area contributed by atoms with Crippen molar-refractivity contribution in [2.45, 2.75) is 6.04 Å². The fourth-order valence-corrected chi connectivity index (χ4v) is 2.18. The van der Waals surface area contributed by atoms with E-state index in [-0.39, 0.29) is 6.61 Å². The van der Waals surface area contributed by atoms with Gasteiger partial charge >= 0.3 is 5.97 Å². The van der Waals surface area contributed by atoms with Gasteiger partial charge in [-0.05, 0) is 11.4 Å². The monoisotopic (exact) mass is 253 g/mol. The number of esters is 1. The van der Waals surface area contributed by atoms with E-state index in [4.69, 9.17) is 5.11 Å². The largest absolute Gasteiger partial charge is 0.467 e. The number of nitrogens with zero attached hydrogens (tertiary/aromatic N) is 2. The lowest BCUT2D eigenvalue weighted by Gasteiger charge is -2.14. The number of hydrogen-bond donors (Lipinski definition) is 2. The van der Waals surface area contributed by atoms with Crippen molar-refractivity contribution in [3.63, 3.8) is 0 Å². The molecule has 0 fully saturated rings. The fraction of sp³-hybridized carbons (Fsp3) is 0.300. The van der Waals surface area contributed by atoms with Gasteiger partial charge in [0.25, 0.3) is 0 Å². The van der Waals surface area contributed by atoms with Crippen LogP contribution >= 0.6 is 11.3 Å². The second-order valence-electron chi connectivity index (χ2n) is 3.26. The van der Waals surface area contributed by atoms with Crippen molar-refractivity contribution in [1.29, 1.82) is 0 Å². The van der Waals surface area contributed by atoms with Crippen molar-refractivity contribution in [3.8, 4) is 0 Å². The summed E-state index contributed by atoms with van der Waals surface area (Å²) in [4.78, 5) is 19.5. The number of aliphatic hydroxyl groups is 1. The molecule has 17 heavy (non-hydrogen) atoms. The van der Waals surface area contributed by atoms with Gasteiger partial charge in [-0.1, -0.05) is 0 Å². The molecule has 2 aromatic rings. The number of anilines is 1. The van der Waals surface area contributed by atoms with Crippen molar-refractivity contribution in [3.05, 3.63) is 17.8 Å². The number of rotatable bonds is 4. The summed E-state index contributed by atoms with van der Waals surface area (Å²) in [5, 5.41) is 13.8. The molecule has 90 valence electrons. The summed E-state index contributed by atoms with van der Waals surface area (Å²) in [5.41, 5.74) is 0.800. The van der Waals surface area contributed by atoms with Crippen LogP contribution in [0.3, 0.4) is 0 Å². The molecule has 0 aliphatic rings. The van der Waals surface area contributed by atoms with E-state index >= 15 is 0 Å². The lowest BCUT2D eigenvalue weighted by atomic mass is 10.3. The third-order valence-electron chi connectivity index (χ3n) is 2.22. The van der Waals surface area contributed by atoms with Crippen LogP contribution in [0.4, 0.5) is 5.82 Å². The first-order valence-corrected chi connectivity index (χ1v) is 5.77. The number of aliphatic hydroxyl groups excluding tert-OH is 1. The molecule has 0 aliphatic carbocycles. The number of carbonyl (C=O) groups excluding carboxylic acids is 1. The van der Waals surface area contributed by atoms with E-state index in [0.29, 0.717) is 5.82 Å². The predicted octanol–water partition coefficient (Wildman–Crippen LogP) is 0.637. The van der Waals surface area contributed by atoms with Crippen LogP contribution in [0.25, 0.3) is 10.2 Å². The minimum absolute atomic E-state index is 0.358. The van der Waals surface area contributed by atoms with Crippen molar-refractivity contribution >= 4 is 33.3 Å². The van der Waals surface area contributed by atoms with Gasteiger partial charge < -0.3 is 15.2 Å². The van der Waals surface area contributed by atoms with E-state index < -0.39 is 12.0 Å². The van der Waals surface area contributed by atoms with E-state index in [9.17, 15) is 4.79 Å². The third kappa shape index (κ3) is 2.34. The summed E-state index contributed by atoms with van der Waals surface area (Å²) < 4.78 is 5.41. The molecule has 2 N–H and O–H groups in total. The summed E-state index contributed by atoms with van der Waals surface area (Å²) in [6, 6.07) is 1.04. The van der Waals surface area contributed by atoms with Gasteiger partial charge in [0.2, 0.25) is 0 Å². The van der Waals surface area contributed by atoms with E-state index in [1.807, 2.05) is 11.4 Å². The van der Waals surface area contributed by atoms with Gasteiger partial charge in [0.15, 0.2) is 0 Å². The molecule has 7 heteroatoms. The fourth-order valence-electron chi connectivity index (χ4n) is 1.38. The van der Waals surface area contributed by atoms with Crippen LogP contribution in [0.15, 0.2) is 17.8 Å². The molecule has 0 spiro atoms. The van der Waals surface area contributed by atoms with Crippen LogP contribution in [0.1, 0.15) is 0 Å². The van der Waals surface area contributed by atoms with Crippen LogP contribution in [-0.2, 0) is 9.53 Å². The number of hydrogen-bond acceptors (Lipinski definition) is 7. The number of thiophene rings is 1. The zero-order chi connectivity index (χ0) is 12.3. The molecule has 0 aromatic carbocycles. The second-order valence-corrected chi connectivity index (χ2v) is 4.18. The van der Waals surface area contributed by atoms with Gasteiger partial charge in [-0.25, -0.2) is 14.8 Å². The van der Waals surface area contributed by atoms with Crippen molar-refractivity contribution in [2.24, 2.45) is 0 Å². The van der Waals surface area contributed by atoms with Crippen LogP contribution in [0.5, 0.6) is 0 Å². The normalized spacial score (nSPS) is 12.4. The molecule has 0 radical (unpaired) electrons. The first-order chi connectivity index (χ1) is 8.26. The molecule has 2 heterocycles. The van der Waals surface area contributed by atoms with Gasteiger partial charge in [0.1, 0.15) is 18.2 Å². The van der Waals surface area contributed by atoms with Crippen LogP contribution < -0.4 is 5.32 Å². The molecule has 1 unspecified atom stereocenters. The van der Waals surface area contributed by atoms with E-state index in [0.717, 1.165) is 10.2 Å². The molecular weight excluding hydrogens is 242 g/mol. The predicted molar refractivity (Wildman–Crippen MR) is 63.9 cm³/mol. The second kappa shape index (κ2) is 5.07. The minimum atomic E-state index is -0.819. The summed E-state index contributed by atoms with van der Waals surface area (Å²) >= 11 is 1.46. The number of fused-ring (bicyclic) bond motifs is 1. The van der Waals surface area contributed by atoms with E-state index in [2.05, 4.69) is 20.0 Å². The maximum atomic E-state index is 11.3. The molecule has 0 aliphatic heterocycles. The Labute approximate surface area is 101 Å². The number of aromatic nitrogens is 2. The molecule has 0 saturated heterocycles. The summed E-state index contributed by atoms with van der Waals surface area (Å²) in [5.74, 6) is -0.00901. The standard InChI is InChI=1S/C10H11N3O3S/c1-16-10(15)7(4-14)13-9-8-6(2-3-17-8)11-5-12-9/h2-3,5,7,14H,4H2,1H3,(H,11,12,13). The molecular formula is C10H11N3O3S. The summed E-state index contributed by atoms with van der Waals surface area (Å²) in [7, 11) is 1.27. The van der Waals surface area contributed by atoms with Crippen LogP contribution in [0.2, 0.25) is 0 Å². The van der Waals surface area contributed by atoms with Crippen molar-refractivity contribution < 1.29 is 14.6 Å². The maximum Gasteiger partial charge on any atom is 0.330 e. The average molecular weight is 253 g/mol. The number of methoxy groups -OCH3 is 1. The lowest BCUT2D eigenvalue weighted by molar-refractivity contribution is -0.142. The summed E-state index contributed by atoms with van der Waals surface area (Å²) in [6.45, 7) is -0.358. The zero-order valence-electron chi connectivity index (χ0n) is 9.08. The van der Waals surface area contributed by atoms with Crippen LogP contribution in [0, 0.1) is 0 Å². The third-order valence-corrected chi connectivity index (χ3v) is 3.13. The highest BCUT2D eigenvalue weighted by atomic mass is 32.1. The molecule has 0 bridgehead atoms. The minimum Gasteiger partial charge on any atom is -0.467 e. The zero-order valence-corrected chi connectivity index (χ0v) is 9.90. The van der Waals surface area contributed by atoms with Gasteiger partial charge in [-0.15, -0.1) is 11.3 Å². The smallest absolute Gasteiger partial charge is 0.330 e. The topological polar surface area (TPSA) is 84.3 Å². The molecule has 0 saturated carbocycles. The number of ether oxygens (including phenoxy) is 1. The van der Waals surface area contributed by atoms with Gasteiger partial charge in [0.05, 0.1) is 23.9 Å². The van der Waals surface area contributed by atoms with Gasteiger partial charge in [0, 0.05) is 0 Å². The highest BCUT2D eigenvalue weighted by Gasteiger charge is 2.19. The lowest BCUT2D eigenvalue weighted by Crippen LogP contribution is -2.34. The molecule has 2 aromatic heterocycles.